The highest BCUT2D eigenvalue weighted by Gasteiger charge is 2.20. The van der Waals surface area contributed by atoms with Gasteiger partial charge in [-0.2, -0.15) is 0 Å². The van der Waals surface area contributed by atoms with E-state index >= 15 is 0 Å². The maximum atomic E-state index is 6.33. The number of ether oxygens (including phenoxy) is 1. The Morgan fingerprint density at radius 1 is 1.20 bits per heavy atom. The summed E-state index contributed by atoms with van der Waals surface area (Å²) < 4.78 is 5.73. The number of benzene rings is 2. The Morgan fingerprint density at radius 2 is 2.00 bits per heavy atom. The molecule has 2 atom stereocenters. The van der Waals surface area contributed by atoms with Crippen molar-refractivity contribution in [3.8, 4) is 5.75 Å². The topological polar surface area (TPSA) is 35.2 Å². The van der Waals surface area contributed by atoms with Gasteiger partial charge in [-0.1, -0.05) is 42.5 Å². The van der Waals surface area contributed by atoms with Crippen molar-refractivity contribution in [2.75, 3.05) is 0 Å². The van der Waals surface area contributed by atoms with Gasteiger partial charge in [0.15, 0.2) is 0 Å². The Balaban J connectivity index is 1.66. The maximum absolute atomic E-state index is 6.33. The fourth-order valence-corrected chi connectivity index (χ4v) is 2.81. The summed E-state index contributed by atoms with van der Waals surface area (Å²) in [5.41, 5.74) is 10.2. The molecule has 2 N–H and O–H groups in total. The van der Waals surface area contributed by atoms with Crippen LogP contribution >= 0.6 is 0 Å². The smallest absolute Gasteiger partial charge is 0.123 e. The van der Waals surface area contributed by atoms with E-state index in [-0.39, 0.29) is 6.04 Å². The van der Waals surface area contributed by atoms with Crippen LogP contribution in [0.3, 0.4) is 0 Å². The Kier molecular flexibility index (Phi) is 3.75. The normalized spacial score (nSPS) is 18.4. The molecular weight excluding hydrogens is 246 g/mol. The first-order chi connectivity index (χ1) is 9.72. The fraction of sp³-hybridized carbons (Fsp3) is 0.333. The third kappa shape index (κ3) is 2.86. The molecule has 2 heteroatoms. The lowest BCUT2D eigenvalue weighted by atomic mass is 9.97. The van der Waals surface area contributed by atoms with Gasteiger partial charge in [0, 0.05) is 12.5 Å². The van der Waals surface area contributed by atoms with Crippen molar-refractivity contribution < 1.29 is 4.74 Å². The van der Waals surface area contributed by atoms with Crippen LogP contribution in [0.25, 0.3) is 0 Å². The van der Waals surface area contributed by atoms with Crippen LogP contribution in [0.1, 0.15) is 36.1 Å². The molecule has 0 bridgehead atoms. The largest absolute Gasteiger partial charge is 0.490 e. The van der Waals surface area contributed by atoms with Crippen LogP contribution in [0.2, 0.25) is 0 Å². The van der Waals surface area contributed by atoms with E-state index < -0.39 is 0 Å². The highest BCUT2D eigenvalue weighted by atomic mass is 16.5. The van der Waals surface area contributed by atoms with E-state index in [1.54, 1.807) is 0 Å². The van der Waals surface area contributed by atoms with Gasteiger partial charge in [0.1, 0.15) is 11.9 Å². The quantitative estimate of drug-likeness (QED) is 0.918. The van der Waals surface area contributed by atoms with E-state index in [2.05, 4.69) is 49.4 Å². The van der Waals surface area contributed by atoms with Crippen molar-refractivity contribution >= 4 is 0 Å². The van der Waals surface area contributed by atoms with Gasteiger partial charge in [-0.05, 0) is 42.5 Å². The Morgan fingerprint density at radius 3 is 2.80 bits per heavy atom. The first kappa shape index (κ1) is 13.2. The van der Waals surface area contributed by atoms with Gasteiger partial charge < -0.3 is 10.5 Å². The summed E-state index contributed by atoms with van der Waals surface area (Å²) in [7, 11) is 0. The molecule has 2 nitrogen and oxygen atoms in total. The summed E-state index contributed by atoms with van der Waals surface area (Å²) in [4.78, 5) is 0. The van der Waals surface area contributed by atoms with Crippen molar-refractivity contribution in [1.29, 1.82) is 0 Å². The second-order valence-corrected chi connectivity index (χ2v) is 5.63. The molecule has 20 heavy (non-hydrogen) atoms. The molecule has 2 aromatic carbocycles. The number of fused-ring (bicyclic) bond motifs is 1. The maximum Gasteiger partial charge on any atom is 0.123 e. The average Bonchev–Trinajstić information content (AvgIpc) is 2.85. The van der Waals surface area contributed by atoms with Crippen LogP contribution in [0, 0.1) is 0 Å². The molecule has 1 aliphatic heterocycles. The van der Waals surface area contributed by atoms with E-state index in [9.17, 15) is 0 Å². The Bertz CT molecular complexity index is 579. The van der Waals surface area contributed by atoms with E-state index in [4.69, 9.17) is 10.5 Å². The molecule has 0 saturated carbocycles. The molecule has 0 radical (unpaired) electrons. The van der Waals surface area contributed by atoms with Crippen LogP contribution in [-0.4, -0.2) is 6.10 Å². The average molecular weight is 267 g/mol. The molecule has 104 valence electrons. The van der Waals surface area contributed by atoms with Crippen molar-refractivity contribution in [1.82, 2.24) is 0 Å². The molecule has 0 fully saturated rings. The second-order valence-electron chi connectivity index (χ2n) is 5.63. The molecule has 0 spiro atoms. The van der Waals surface area contributed by atoms with Gasteiger partial charge in [0.05, 0.1) is 0 Å². The van der Waals surface area contributed by atoms with Crippen LogP contribution < -0.4 is 10.5 Å². The Hall–Kier alpha value is -1.80. The van der Waals surface area contributed by atoms with Crippen molar-refractivity contribution in [2.24, 2.45) is 5.73 Å². The predicted molar refractivity (Wildman–Crippen MR) is 81.9 cm³/mol. The molecular formula is C18H21NO. The summed E-state index contributed by atoms with van der Waals surface area (Å²) >= 11 is 0. The molecule has 0 saturated heterocycles. The molecule has 2 unspecified atom stereocenters. The third-order valence-corrected chi connectivity index (χ3v) is 3.94. The number of hydrogen-bond donors (Lipinski definition) is 1. The van der Waals surface area contributed by atoms with Gasteiger partial charge in [-0.25, -0.2) is 0 Å². The first-order valence-electron chi connectivity index (χ1n) is 7.31. The van der Waals surface area contributed by atoms with Gasteiger partial charge >= 0.3 is 0 Å². The minimum absolute atomic E-state index is 0.0939. The zero-order chi connectivity index (χ0) is 13.9. The minimum Gasteiger partial charge on any atom is -0.490 e. The van der Waals surface area contributed by atoms with Crippen LogP contribution in [-0.2, 0) is 12.8 Å². The van der Waals surface area contributed by atoms with E-state index in [1.165, 1.54) is 16.7 Å². The summed E-state index contributed by atoms with van der Waals surface area (Å²) in [5, 5.41) is 0. The molecule has 0 aromatic heterocycles. The number of nitrogens with two attached hydrogens (primary N) is 1. The van der Waals surface area contributed by atoms with Crippen LogP contribution in [0.15, 0.2) is 48.5 Å². The highest BCUT2D eigenvalue weighted by Crippen LogP contribution is 2.31. The highest BCUT2D eigenvalue weighted by molar-refractivity contribution is 5.41. The predicted octanol–water partition coefficient (Wildman–Crippen LogP) is 3.64. The van der Waals surface area contributed by atoms with Gasteiger partial charge in [0.25, 0.3) is 0 Å². The lowest BCUT2D eigenvalue weighted by Gasteiger charge is -2.13. The molecule has 3 rings (SSSR count). The molecule has 1 aliphatic rings. The SMILES string of the molecule is CC1Cc2cc(C(N)CCc3ccccc3)ccc2O1. The summed E-state index contributed by atoms with van der Waals surface area (Å²) in [6, 6.07) is 17.0. The van der Waals surface area contributed by atoms with Crippen molar-refractivity contribution in [2.45, 2.75) is 38.3 Å². The van der Waals surface area contributed by atoms with Gasteiger partial charge in [0.2, 0.25) is 0 Å². The molecule has 1 heterocycles. The van der Waals surface area contributed by atoms with Crippen molar-refractivity contribution in [3.63, 3.8) is 0 Å². The summed E-state index contributed by atoms with van der Waals surface area (Å²) in [6.07, 6.45) is 3.28. The minimum atomic E-state index is 0.0939. The zero-order valence-corrected chi connectivity index (χ0v) is 11.9. The van der Waals surface area contributed by atoms with Gasteiger partial charge in [-0.15, -0.1) is 0 Å². The van der Waals surface area contributed by atoms with E-state index in [1.807, 2.05) is 6.07 Å². The van der Waals surface area contributed by atoms with Crippen molar-refractivity contribution in [3.05, 3.63) is 65.2 Å². The van der Waals surface area contributed by atoms with E-state index in [0.717, 1.165) is 25.0 Å². The molecule has 2 aromatic rings. The summed E-state index contributed by atoms with van der Waals surface area (Å²) in [6.45, 7) is 2.11. The molecule has 0 amide bonds. The third-order valence-electron chi connectivity index (χ3n) is 3.94. The number of rotatable bonds is 4. The lowest BCUT2D eigenvalue weighted by Crippen LogP contribution is -2.11. The number of aryl methyl sites for hydroxylation is 1. The van der Waals surface area contributed by atoms with Crippen LogP contribution in [0.5, 0.6) is 5.75 Å². The number of hydrogen-bond acceptors (Lipinski definition) is 2. The van der Waals surface area contributed by atoms with Crippen LogP contribution in [0.4, 0.5) is 0 Å². The summed E-state index contributed by atoms with van der Waals surface area (Å²) in [5.74, 6) is 1.02. The fourth-order valence-electron chi connectivity index (χ4n) is 2.81. The first-order valence-corrected chi connectivity index (χ1v) is 7.31. The zero-order valence-electron chi connectivity index (χ0n) is 11.9. The standard InChI is InChI=1S/C18H21NO/c1-13-11-16-12-15(8-10-18(16)20-13)17(19)9-7-14-5-3-2-4-6-14/h2-6,8,10,12-13,17H,7,9,11,19H2,1H3. The monoisotopic (exact) mass is 267 g/mol. The lowest BCUT2D eigenvalue weighted by molar-refractivity contribution is 0.254. The van der Waals surface area contributed by atoms with E-state index in [0.29, 0.717) is 6.10 Å². The second kappa shape index (κ2) is 5.68. The van der Waals surface area contributed by atoms with Gasteiger partial charge in [-0.3, -0.25) is 0 Å². The Labute approximate surface area is 120 Å². The molecule has 0 aliphatic carbocycles.